The highest BCUT2D eigenvalue weighted by Gasteiger charge is 2.30. The van der Waals surface area contributed by atoms with Gasteiger partial charge in [0.1, 0.15) is 11.6 Å². The number of hydrogen-bond donors (Lipinski definition) is 0. The summed E-state index contributed by atoms with van der Waals surface area (Å²) in [6, 6.07) is 17.7. The van der Waals surface area contributed by atoms with Crippen molar-refractivity contribution in [1.29, 1.82) is 0 Å². The molecular formula is C24H26Cl2N2O3. The Bertz CT molecular complexity index is 906. The first-order valence-corrected chi connectivity index (χ1v) is 11.3. The van der Waals surface area contributed by atoms with Crippen molar-refractivity contribution < 1.29 is 14.2 Å². The quantitative estimate of drug-likeness (QED) is 0.359. The number of hydrogen-bond acceptors (Lipinski definition) is 4. The van der Waals surface area contributed by atoms with Crippen molar-refractivity contribution in [2.24, 2.45) is 0 Å². The van der Waals surface area contributed by atoms with Gasteiger partial charge in [0.05, 0.1) is 25.6 Å². The molecule has 1 aliphatic heterocycles. The second-order valence-corrected chi connectivity index (χ2v) is 8.49. The molecule has 3 aromatic rings. The van der Waals surface area contributed by atoms with Crippen molar-refractivity contribution in [2.75, 3.05) is 6.61 Å². The van der Waals surface area contributed by atoms with Crippen molar-refractivity contribution in [3.63, 3.8) is 0 Å². The summed E-state index contributed by atoms with van der Waals surface area (Å²) in [6.45, 7) is 1.11. The average Bonchev–Trinajstić information content (AvgIpc) is 3.34. The lowest BCUT2D eigenvalue weighted by Crippen LogP contribution is -2.34. The molecule has 1 saturated heterocycles. The van der Waals surface area contributed by atoms with Gasteiger partial charge in [0.15, 0.2) is 6.29 Å². The number of ether oxygens (including phenoxy) is 3. The highest BCUT2D eigenvalue weighted by Crippen LogP contribution is 2.36. The molecule has 4 rings (SSSR count). The average molecular weight is 461 g/mol. The van der Waals surface area contributed by atoms with Crippen LogP contribution in [0.1, 0.15) is 42.0 Å². The molecule has 2 aromatic carbocycles. The molecule has 4 atom stereocenters. The van der Waals surface area contributed by atoms with Crippen LogP contribution in [0.15, 0.2) is 73.3 Å². The van der Waals surface area contributed by atoms with Crippen molar-refractivity contribution >= 4 is 23.2 Å². The minimum Gasteiger partial charge on any atom is -0.374 e. The minimum atomic E-state index is -0.470. The predicted octanol–water partition coefficient (Wildman–Crippen LogP) is 6.14. The van der Waals surface area contributed by atoms with Gasteiger partial charge in [-0.2, -0.15) is 0 Å². The van der Waals surface area contributed by atoms with Gasteiger partial charge < -0.3 is 18.8 Å². The number of aromatic nitrogens is 2. The summed E-state index contributed by atoms with van der Waals surface area (Å²) >= 11 is 12.9. The highest BCUT2D eigenvalue weighted by molar-refractivity contribution is 6.30. The molecule has 0 N–H and O–H groups in total. The van der Waals surface area contributed by atoms with Crippen LogP contribution in [-0.2, 0) is 20.8 Å². The molecule has 31 heavy (non-hydrogen) atoms. The molecule has 0 spiro atoms. The maximum atomic E-state index is 6.78. The number of nitrogens with zero attached hydrogens (tertiary/aromatic N) is 2. The molecule has 2 heterocycles. The van der Waals surface area contributed by atoms with Crippen LogP contribution in [0.4, 0.5) is 0 Å². The first-order valence-electron chi connectivity index (χ1n) is 10.5. The lowest BCUT2D eigenvalue weighted by atomic mass is 10.1. The highest BCUT2D eigenvalue weighted by atomic mass is 35.5. The van der Waals surface area contributed by atoms with Gasteiger partial charge in [-0.25, -0.2) is 4.98 Å². The Morgan fingerprint density at radius 2 is 1.90 bits per heavy atom. The van der Waals surface area contributed by atoms with Gasteiger partial charge in [-0.05, 0) is 42.5 Å². The fraction of sp³-hybridized carbons (Fsp3) is 0.375. The summed E-state index contributed by atoms with van der Waals surface area (Å²) in [7, 11) is 0. The Hall–Kier alpha value is -1.89. The van der Waals surface area contributed by atoms with Crippen molar-refractivity contribution in [2.45, 2.75) is 49.9 Å². The van der Waals surface area contributed by atoms with E-state index in [0.29, 0.717) is 18.2 Å². The van der Waals surface area contributed by atoms with Crippen LogP contribution >= 0.6 is 23.2 Å². The fourth-order valence-corrected chi connectivity index (χ4v) is 4.10. The summed E-state index contributed by atoms with van der Waals surface area (Å²) in [4.78, 5) is 4.11. The maximum absolute atomic E-state index is 6.78. The normalized spacial score (nSPS) is 21.0. The first-order chi connectivity index (χ1) is 15.2. The molecule has 0 bridgehead atoms. The molecule has 0 radical (unpaired) electrons. The van der Waals surface area contributed by atoms with Crippen LogP contribution in [0.3, 0.4) is 0 Å². The lowest BCUT2D eigenvalue weighted by molar-refractivity contribution is -0.228. The second-order valence-electron chi connectivity index (χ2n) is 7.61. The summed E-state index contributed by atoms with van der Waals surface area (Å²) in [5.74, 6) is 0. The van der Waals surface area contributed by atoms with Crippen LogP contribution < -0.4 is 0 Å². The van der Waals surface area contributed by atoms with Crippen molar-refractivity contribution in [3.05, 3.63) is 89.5 Å². The lowest BCUT2D eigenvalue weighted by Gasteiger charge is -2.34. The number of alkyl halides is 1. The van der Waals surface area contributed by atoms with E-state index in [1.54, 1.807) is 12.5 Å². The maximum Gasteiger partial charge on any atom is 0.159 e. The van der Waals surface area contributed by atoms with Gasteiger partial charge in [-0.15, -0.1) is 0 Å². The summed E-state index contributed by atoms with van der Waals surface area (Å²) in [5, 5.41) is 0.667. The SMILES string of the molecule is Clc1ccc(C(OC2CCCC(COCc3ccccc3)O2)C(Cl)n2ccnc2)cc1. The monoisotopic (exact) mass is 460 g/mol. The molecule has 1 aliphatic rings. The van der Waals surface area contributed by atoms with Crippen LogP contribution in [0, 0.1) is 0 Å². The minimum absolute atomic E-state index is 0.00431. The van der Waals surface area contributed by atoms with E-state index in [1.165, 1.54) is 0 Å². The van der Waals surface area contributed by atoms with Gasteiger partial charge in [-0.3, -0.25) is 0 Å². The molecule has 0 saturated carbocycles. The molecule has 5 nitrogen and oxygen atoms in total. The van der Waals surface area contributed by atoms with Crippen molar-refractivity contribution in [1.82, 2.24) is 9.55 Å². The van der Waals surface area contributed by atoms with Gasteiger partial charge >= 0.3 is 0 Å². The van der Waals surface area contributed by atoms with E-state index in [2.05, 4.69) is 17.1 Å². The van der Waals surface area contributed by atoms with Crippen LogP contribution in [0.5, 0.6) is 0 Å². The molecule has 1 fully saturated rings. The molecule has 0 amide bonds. The standard InChI is InChI=1S/C24H26Cl2N2O3/c25-20-11-9-19(10-12-20)23(24(26)28-14-13-27-17-28)31-22-8-4-7-21(30-22)16-29-15-18-5-2-1-3-6-18/h1-3,5-6,9-14,17,21-24H,4,7-8,15-16H2. The van der Waals surface area contributed by atoms with Crippen LogP contribution in [0.2, 0.25) is 5.02 Å². The number of imidazole rings is 1. The van der Waals surface area contributed by atoms with Gasteiger partial charge in [0.2, 0.25) is 0 Å². The summed E-state index contributed by atoms with van der Waals surface area (Å²) < 4.78 is 20.3. The van der Waals surface area contributed by atoms with E-state index in [9.17, 15) is 0 Å². The predicted molar refractivity (Wildman–Crippen MR) is 121 cm³/mol. The van der Waals surface area contributed by atoms with E-state index in [0.717, 1.165) is 30.4 Å². The third-order valence-electron chi connectivity index (χ3n) is 5.28. The number of benzene rings is 2. The largest absolute Gasteiger partial charge is 0.374 e. The zero-order valence-electron chi connectivity index (χ0n) is 17.1. The summed E-state index contributed by atoms with van der Waals surface area (Å²) in [6.07, 6.45) is 7.21. The summed E-state index contributed by atoms with van der Waals surface area (Å²) in [5.41, 5.74) is 1.62. The van der Waals surface area contributed by atoms with E-state index < -0.39 is 11.6 Å². The third kappa shape index (κ3) is 6.31. The van der Waals surface area contributed by atoms with E-state index in [1.807, 2.05) is 53.2 Å². The Labute approximate surface area is 192 Å². The molecule has 7 heteroatoms. The van der Waals surface area contributed by atoms with Crippen LogP contribution in [0.25, 0.3) is 0 Å². The molecule has 1 aromatic heterocycles. The molecule has 4 unspecified atom stereocenters. The molecular weight excluding hydrogens is 435 g/mol. The number of halogens is 2. The van der Waals surface area contributed by atoms with Gasteiger partial charge in [-0.1, -0.05) is 65.7 Å². The smallest absolute Gasteiger partial charge is 0.159 e. The third-order valence-corrected chi connectivity index (χ3v) is 5.99. The zero-order chi connectivity index (χ0) is 21.5. The van der Waals surface area contributed by atoms with E-state index in [4.69, 9.17) is 37.4 Å². The Kier molecular flexibility index (Phi) is 8.00. The van der Waals surface area contributed by atoms with Gasteiger partial charge in [0, 0.05) is 17.4 Å². The topological polar surface area (TPSA) is 45.5 Å². The van der Waals surface area contributed by atoms with Crippen LogP contribution in [-0.4, -0.2) is 28.6 Å². The zero-order valence-corrected chi connectivity index (χ0v) is 18.7. The fourth-order valence-electron chi connectivity index (χ4n) is 3.66. The van der Waals surface area contributed by atoms with E-state index >= 15 is 0 Å². The van der Waals surface area contributed by atoms with Crippen molar-refractivity contribution in [3.8, 4) is 0 Å². The molecule has 164 valence electrons. The Morgan fingerprint density at radius 1 is 1.10 bits per heavy atom. The molecule has 0 aliphatic carbocycles. The van der Waals surface area contributed by atoms with E-state index in [-0.39, 0.29) is 12.4 Å². The Morgan fingerprint density at radius 3 is 2.65 bits per heavy atom. The van der Waals surface area contributed by atoms with Gasteiger partial charge in [0.25, 0.3) is 0 Å². The number of rotatable bonds is 9. The second kappa shape index (κ2) is 11.1. The first kappa shape index (κ1) is 22.3. The Balaban J connectivity index is 1.38.